The van der Waals surface area contributed by atoms with Crippen LogP contribution in [-0.2, 0) is 13.6 Å². The third kappa shape index (κ3) is 3.03. The molecule has 1 aliphatic rings. The van der Waals surface area contributed by atoms with Gasteiger partial charge < -0.3 is 10.1 Å². The van der Waals surface area contributed by atoms with Crippen LogP contribution in [0.1, 0.15) is 29.3 Å². The van der Waals surface area contributed by atoms with Crippen molar-refractivity contribution in [1.29, 1.82) is 0 Å². The van der Waals surface area contributed by atoms with E-state index >= 15 is 0 Å². The minimum Gasteiger partial charge on any atom is -0.492 e. The number of rotatable bonds is 3. The number of hydrogen-bond donors (Lipinski definition) is 1. The van der Waals surface area contributed by atoms with Crippen molar-refractivity contribution in [3.63, 3.8) is 0 Å². The molecule has 0 amide bonds. The molecule has 0 saturated carbocycles. The first kappa shape index (κ1) is 14.7. The van der Waals surface area contributed by atoms with Gasteiger partial charge in [-0.3, -0.25) is 4.68 Å². The maximum absolute atomic E-state index is 6.21. The average Bonchev–Trinajstić information content (AvgIpc) is 2.74. The Hall–Kier alpha value is -1.23. The van der Waals surface area contributed by atoms with Crippen LogP contribution in [0.4, 0.5) is 0 Å². The normalized spacial score (nSPS) is 17.4. The zero-order chi connectivity index (χ0) is 15.0. The van der Waals surface area contributed by atoms with Crippen molar-refractivity contribution in [2.24, 2.45) is 7.05 Å². The molecule has 3 rings (SSSR count). The monoisotopic (exact) mass is 325 g/mol. The van der Waals surface area contributed by atoms with Gasteiger partial charge in [-0.25, -0.2) is 0 Å². The van der Waals surface area contributed by atoms with Crippen LogP contribution in [0.3, 0.4) is 0 Å². The van der Waals surface area contributed by atoms with E-state index in [1.807, 2.05) is 30.9 Å². The van der Waals surface area contributed by atoms with Crippen LogP contribution < -0.4 is 10.1 Å². The molecule has 0 fully saturated rings. The quantitative estimate of drug-likeness (QED) is 0.936. The summed E-state index contributed by atoms with van der Waals surface area (Å²) in [5.41, 5.74) is 3.26. The lowest BCUT2D eigenvalue weighted by Gasteiger charge is -2.27. The molecule has 1 atom stereocenters. The van der Waals surface area contributed by atoms with Gasteiger partial charge in [0.15, 0.2) is 0 Å². The SMILES string of the molecule is Cc1nn(C)cc1CNC1CCOc2c(Cl)cc(Cl)cc21. The zero-order valence-corrected chi connectivity index (χ0v) is 13.5. The Balaban J connectivity index is 1.81. The minimum atomic E-state index is 0.185. The summed E-state index contributed by atoms with van der Waals surface area (Å²) in [6.07, 6.45) is 2.93. The first-order valence-electron chi connectivity index (χ1n) is 6.89. The second-order valence-electron chi connectivity index (χ2n) is 5.29. The number of ether oxygens (including phenoxy) is 1. The van der Waals surface area contributed by atoms with E-state index in [2.05, 4.69) is 10.4 Å². The number of aromatic nitrogens is 2. The fraction of sp³-hybridized carbons (Fsp3) is 0.400. The zero-order valence-electron chi connectivity index (χ0n) is 12.0. The molecule has 1 aromatic heterocycles. The van der Waals surface area contributed by atoms with Crippen LogP contribution in [0.25, 0.3) is 0 Å². The van der Waals surface area contributed by atoms with Crippen molar-refractivity contribution in [2.45, 2.75) is 25.9 Å². The van der Waals surface area contributed by atoms with Gasteiger partial charge >= 0.3 is 0 Å². The molecule has 21 heavy (non-hydrogen) atoms. The number of nitrogens with one attached hydrogen (secondary N) is 1. The highest BCUT2D eigenvalue weighted by Gasteiger charge is 2.24. The standard InChI is InChI=1S/C15H17Cl2N3O/c1-9-10(8-20(2)19-9)7-18-14-3-4-21-15-12(14)5-11(16)6-13(15)17/h5-6,8,14,18H,3-4,7H2,1-2H3. The molecular formula is C15H17Cl2N3O. The number of fused-ring (bicyclic) bond motifs is 1. The van der Waals surface area contributed by atoms with Crippen molar-refractivity contribution in [3.05, 3.63) is 45.2 Å². The molecule has 6 heteroatoms. The smallest absolute Gasteiger partial charge is 0.142 e. The third-order valence-electron chi connectivity index (χ3n) is 3.72. The van der Waals surface area contributed by atoms with Crippen LogP contribution in [0.2, 0.25) is 10.0 Å². The molecule has 0 radical (unpaired) electrons. The number of benzene rings is 1. The molecule has 1 aliphatic heterocycles. The van der Waals surface area contributed by atoms with Gasteiger partial charge in [0, 0.05) is 48.4 Å². The van der Waals surface area contributed by atoms with E-state index in [-0.39, 0.29) is 6.04 Å². The van der Waals surface area contributed by atoms with E-state index in [0.29, 0.717) is 16.7 Å². The second kappa shape index (κ2) is 5.87. The fourth-order valence-electron chi connectivity index (χ4n) is 2.69. The summed E-state index contributed by atoms with van der Waals surface area (Å²) in [6, 6.07) is 3.83. The molecule has 1 unspecified atom stereocenters. The van der Waals surface area contributed by atoms with Gasteiger partial charge in [-0.2, -0.15) is 5.10 Å². The van der Waals surface area contributed by atoms with Crippen molar-refractivity contribution in [3.8, 4) is 5.75 Å². The predicted octanol–water partition coefficient (Wildman–Crippen LogP) is 3.65. The first-order chi connectivity index (χ1) is 10.0. The van der Waals surface area contributed by atoms with E-state index in [1.165, 1.54) is 5.56 Å². The second-order valence-corrected chi connectivity index (χ2v) is 6.13. The Morgan fingerprint density at radius 3 is 2.95 bits per heavy atom. The summed E-state index contributed by atoms with van der Waals surface area (Å²) in [5, 5.41) is 9.11. The molecule has 0 saturated heterocycles. The van der Waals surface area contributed by atoms with Crippen LogP contribution in [-0.4, -0.2) is 16.4 Å². The Kier molecular flexibility index (Phi) is 4.11. The molecule has 4 nitrogen and oxygen atoms in total. The van der Waals surface area contributed by atoms with Gasteiger partial charge in [0.25, 0.3) is 0 Å². The van der Waals surface area contributed by atoms with Crippen molar-refractivity contribution in [1.82, 2.24) is 15.1 Å². The molecular weight excluding hydrogens is 309 g/mol. The lowest BCUT2D eigenvalue weighted by atomic mass is 10.00. The van der Waals surface area contributed by atoms with Crippen LogP contribution in [0.5, 0.6) is 5.75 Å². The predicted molar refractivity (Wildman–Crippen MR) is 84.1 cm³/mol. The fourth-order valence-corrected chi connectivity index (χ4v) is 3.26. The Labute approximate surface area is 134 Å². The average molecular weight is 326 g/mol. The lowest BCUT2D eigenvalue weighted by Crippen LogP contribution is -2.27. The van der Waals surface area contributed by atoms with Gasteiger partial charge in [0.1, 0.15) is 5.75 Å². The lowest BCUT2D eigenvalue weighted by molar-refractivity contribution is 0.252. The van der Waals surface area contributed by atoms with Gasteiger partial charge in [0.2, 0.25) is 0 Å². The Morgan fingerprint density at radius 1 is 1.43 bits per heavy atom. The summed E-state index contributed by atoms with van der Waals surface area (Å²) < 4.78 is 7.50. The van der Waals surface area contributed by atoms with E-state index < -0.39 is 0 Å². The molecule has 112 valence electrons. The molecule has 0 aliphatic carbocycles. The molecule has 0 bridgehead atoms. The van der Waals surface area contributed by atoms with Gasteiger partial charge in [-0.05, 0) is 19.1 Å². The molecule has 0 spiro atoms. The maximum atomic E-state index is 6.21. The Bertz CT molecular complexity index is 669. The molecule has 1 aromatic carbocycles. The van der Waals surface area contributed by atoms with E-state index in [0.717, 1.165) is 30.0 Å². The first-order valence-corrected chi connectivity index (χ1v) is 7.64. The summed E-state index contributed by atoms with van der Waals surface area (Å²) in [6.45, 7) is 3.43. The van der Waals surface area contributed by atoms with E-state index in [4.69, 9.17) is 27.9 Å². The van der Waals surface area contributed by atoms with Crippen LogP contribution in [0.15, 0.2) is 18.3 Å². The van der Waals surface area contributed by atoms with E-state index in [1.54, 1.807) is 6.07 Å². The number of aryl methyl sites for hydroxylation is 2. The summed E-state index contributed by atoms with van der Waals surface area (Å²) in [7, 11) is 1.93. The van der Waals surface area contributed by atoms with Crippen molar-refractivity contribution in [2.75, 3.05) is 6.61 Å². The summed E-state index contributed by atoms with van der Waals surface area (Å²) in [5.74, 6) is 0.743. The van der Waals surface area contributed by atoms with Gasteiger partial charge in [-0.1, -0.05) is 23.2 Å². The summed E-state index contributed by atoms with van der Waals surface area (Å²) >= 11 is 12.3. The largest absolute Gasteiger partial charge is 0.492 e. The van der Waals surface area contributed by atoms with Gasteiger partial charge in [-0.15, -0.1) is 0 Å². The number of hydrogen-bond acceptors (Lipinski definition) is 3. The topological polar surface area (TPSA) is 39.1 Å². The highest BCUT2D eigenvalue weighted by atomic mass is 35.5. The number of nitrogens with zero attached hydrogens (tertiary/aromatic N) is 2. The van der Waals surface area contributed by atoms with E-state index in [9.17, 15) is 0 Å². The van der Waals surface area contributed by atoms with Crippen LogP contribution >= 0.6 is 23.2 Å². The Morgan fingerprint density at radius 2 is 2.24 bits per heavy atom. The summed E-state index contributed by atoms with van der Waals surface area (Å²) in [4.78, 5) is 0. The highest BCUT2D eigenvalue weighted by Crippen LogP contribution is 2.40. The third-order valence-corrected chi connectivity index (χ3v) is 4.22. The highest BCUT2D eigenvalue weighted by molar-refractivity contribution is 6.35. The maximum Gasteiger partial charge on any atom is 0.142 e. The molecule has 1 N–H and O–H groups in total. The van der Waals surface area contributed by atoms with Crippen molar-refractivity contribution < 1.29 is 4.74 Å². The van der Waals surface area contributed by atoms with Crippen LogP contribution in [0, 0.1) is 6.92 Å². The van der Waals surface area contributed by atoms with Crippen molar-refractivity contribution >= 4 is 23.2 Å². The minimum absolute atomic E-state index is 0.185. The molecule has 2 heterocycles. The van der Waals surface area contributed by atoms with Gasteiger partial charge in [0.05, 0.1) is 17.3 Å². The molecule has 2 aromatic rings. The number of halogens is 2.